The summed E-state index contributed by atoms with van der Waals surface area (Å²) in [6.45, 7) is 2.04. The number of ether oxygens (including phenoxy) is 2. The first-order valence-corrected chi connectivity index (χ1v) is 9.61. The summed E-state index contributed by atoms with van der Waals surface area (Å²) in [7, 11) is 1.53. The maximum atomic E-state index is 12.7. The zero-order valence-electron chi connectivity index (χ0n) is 14.6. The van der Waals surface area contributed by atoms with Crippen molar-refractivity contribution in [3.8, 4) is 5.88 Å². The van der Waals surface area contributed by atoms with E-state index >= 15 is 0 Å². The fourth-order valence-corrected chi connectivity index (χ4v) is 5.05. The molecule has 4 heterocycles. The molecule has 0 saturated carbocycles. The fourth-order valence-electron chi connectivity index (χ4n) is 3.50. The molecular weight excluding hydrogens is 350 g/mol. The summed E-state index contributed by atoms with van der Waals surface area (Å²) in [5, 5.41) is 0. The Morgan fingerprint density at radius 2 is 2.12 bits per heavy atom. The number of methoxy groups -OCH3 is 1. The molecule has 0 N–H and O–H groups in total. The van der Waals surface area contributed by atoms with Crippen LogP contribution < -0.4 is 4.74 Å². The topological polar surface area (TPSA) is 64.5 Å². The number of likely N-dealkylation sites (tertiary alicyclic amines) is 1. The molecule has 1 amide bonds. The molecule has 0 radical (unpaired) electrons. The molecule has 2 aromatic heterocycles. The van der Waals surface area contributed by atoms with Crippen LogP contribution in [0.1, 0.15) is 22.5 Å². The van der Waals surface area contributed by atoms with Crippen molar-refractivity contribution in [3.63, 3.8) is 0 Å². The number of hydrogen-bond acceptors (Lipinski definition) is 6. The summed E-state index contributed by atoms with van der Waals surface area (Å²) < 4.78 is 11.3. The van der Waals surface area contributed by atoms with Gasteiger partial charge in [-0.3, -0.25) is 9.78 Å². The highest BCUT2D eigenvalue weighted by Crippen LogP contribution is 2.46. The molecule has 4 rings (SSSR count). The van der Waals surface area contributed by atoms with Gasteiger partial charge in [0.1, 0.15) is 5.56 Å². The molecule has 26 heavy (non-hydrogen) atoms. The van der Waals surface area contributed by atoms with Crippen molar-refractivity contribution >= 4 is 17.7 Å². The van der Waals surface area contributed by atoms with Crippen molar-refractivity contribution in [3.05, 3.63) is 54.0 Å². The Hall–Kier alpha value is -2.12. The van der Waals surface area contributed by atoms with E-state index in [4.69, 9.17) is 9.47 Å². The van der Waals surface area contributed by atoms with Crippen molar-refractivity contribution in [1.82, 2.24) is 14.9 Å². The summed E-state index contributed by atoms with van der Waals surface area (Å²) in [4.78, 5) is 23.0. The first-order valence-electron chi connectivity index (χ1n) is 8.63. The van der Waals surface area contributed by atoms with Crippen molar-refractivity contribution < 1.29 is 14.3 Å². The Kier molecular flexibility index (Phi) is 4.82. The molecule has 0 unspecified atom stereocenters. The lowest BCUT2D eigenvalue weighted by Gasteiger charge is -2.47. The summed E-state index contributed by atoms with van der Waals surface area (Å²) in [6, 6.07) is 9.37. The second kappa shape index (κ2) is 7.25. The highest BCUT2D eigenvalue weighted by molar-refractivity contribution is 8.01. The van der Waals surface area contributed by atoms with Gasteiger partial charge in [0.05, 0.1) is 30.3 Å². The molecule has 136 valence electrons. The minimum absolute atomic E-state index is 0.0148. The first-order chi connectivity index (χ1) is 12.7. The Morgan fingerprint density at radius 1 is 1.27 bits per heavy atom. The minimum Gasteiger partial charge on any atom is -0.480 e. The number of rotatable bonds is 5. The predicted molar refractivity (Wildman–Crippen MR) is 99.3 cm³/mol. The number of aromatic nitrogens is 2. The third-order valence-electron chi connectivity index (χ3n) is 4.81. The molecule has 2 aliphatic rings. The second-order valence-corrected chi connectivity index (χ2v) is 8.16. The molecule has 1 atom stereocenters. The lowest BCUT2D eigenvalue weighted by molar-refractivity contribution is 0.0243. The van der Waals surface area contributed by atoms with E-state index in [1.807, 2.05) is 34.9 Å². The largest absolute Gasteiger partial charge is 0.480 e. The van der Waals surface area contributed by atoms with Gasteiger partial charge in [-0.05, 0) is 30.7 Å². The van der Waals surface area contributed by atoms with Gasteiger partial charge in [-0.2, -0.15) is 0 Å². The third-order valence-corrected chi connectivity index (χ3v) is 6.38. The van der Waals surface area contributed by atoms with Crippen LogP contribution in [0.2, 0.25) is 0 Å². The molecule has 1 spiro atoms. The van der Waals surface area contributed by atoms with Crippen molar-refractivity contribution in [2.75, 3.05) is 26.0 Å². The number of nitrogens with zero attached hydrogens (tertiary/aromatic N) is 3. The highest BCUT2D eigenvalue weighted by Gasteiger charge is 2.51. The lowest BCUT2D eigenvalue weighted by atomic mass is 9.92. The molecular formula is C19H21N3O3S. The average Bonchev–Trinajstić information content (AvgIpc) is 3.10. The SMILES string of the molecule is COc1ncccc1C(=O)N1CC2(C[C@@H](OCc3ccccn3)CS2)C1. The molecule has 2 aliphatic heterocycles. The number of thioether (sulfide) groups is 1. The van der Waals surface area contributed by atoms with Crippen LogP contribution in [0.5, 0.6) is 5.88 Å². The van der Waals surface area contributed by atoms with Gasteiger partial charge in [0.15, 0.2) is 0 Å². The summed E-state index contributed by atoms with van der Waals surface area (Å²) in [6.07, 6.45) is 4.60. The number of amides is 1. The average molecular weight is 371 g/mol. The van der Waals surface area contributed by atoms with Crippen molar-refractivity contribution in [2.45, 2.75) is 23.9 Å². The van der Waals surface area contributed by atoms with Gasteiger partial charge in [0.2, 0.25) is 5.88 Å². The van der Waals surface area contributed by atoms with E-state index in [0.29, 0.717) is 18.1 Å². The molecule has 0 bridgehead atoms. The highest BCUT2D eigenvalue weighted by atomic mass is 32.2. The summed E-state index contributed by atoms with van der Waals surface area (Å²) in [5.41, 5.74) is 1.48. The molecule has 2 fully saturated rings. The Morgan fingerprint density at radius 3 is 2.88 bits per heavy atom. The Bertz CT molecular complexity index is 781. The first kappa shape index (κ1) is 17.3. The molecule has 0 aromatic carbocycles. The van der Waals surface area contributed by atoms with Gasteiger partial charge >= 0.3 is 0 Å². The van der Waals surface area contributed by atoms with Crippen LogP contribution >= 0.6 is 11.8 Å². The van der Waals surface area contributed by atoms with E-state index in [9.17, 15) is 4.79 Å². The molecule has 7 heteroatoms. The van der Waals surface area contributed by atoms with Crippen molar-refractivity contribution in [1.29, 1.82) is 0 Å². The number of hydrogen-bond donors (Lipinski definition) is 0. The Labute approximate surface area is 156 Å². The molecule has 2 saturated heterocycles. The van der Waals surface area contributed by atoms with E-state index in [1.54, 1.807) is 24.5 Å². The van der Waals surface area contributed by atoms with Crippen LogP contribution in [0.25, 0.3) is 0 Å². The van der Waals surface area contributed by atoms with E-state index in [-0.39, 0.29) is 16.8 Å². The van der Waals surface area contributed by atoms with Crippen LogP contribution in [0, 0.1) is 0 Å². The van der Waals surface area contributed by atoms with E-state index < -0.39 is 0 Å². The van der Waals surface area contributed by atoms with Gasteiger partial charge < -0.3 is 14.4 Å². The van der Waals surface area contributed by atoms with E-state index in [1.165, 1.54) is 7.11 Å². The Balaban J connectivity index is 1.31. The van der Waals surface area contributed by atoms with E-state index in [0.717, 1.165) is 31.0 Å². The quantitative estimate of drug-likeness (QED) is 0.804. The summed E-state index contributed by atoms with van der Waals surface area (Å²) >= 11 is 1.91. The van der Waals surface area contributed by atoms with Gasteiger partial charge in [-0.15, -0.1) is 11.8 Å². The number of carbonyl (C=O) groups excluding carboxylic acids is 1. The van der Waals surface area contributed by atoms with Crippen LogP contribution in [-0.4, -0.2) is 57.6 Å². The number of pyridine rings is 2. The maximum absolute atomic E-state index is 12.7. The lowest BCUT2D eigenvalue weighted by Crippen LogP contribution is -2.60. The third kappa shape index (κ3) is 3.41. The molecule has 6 nitrogen and oxygen atoms in total. The van der Waals surface area contributed by atoms with Gasteiger partial charge in [0.25, 0.3) is 5.91 Å². The normalized spacial score (nSPS) is 20.8. The van der Waals surface area contributed by atoms with Crippen molar-refractivity contribution in [2.24, 2.45) is 0 Å². The maximum Gasteiger partial charge on any atom is 0.259 e. The van der Waals surface area contributed by atoms with E-state index in [2.05, 4.69) is 9.97 Å². The smallest absolute Gasteiger partial charge is 0.259 e. The van der Waals surface area contributed by atoms with Gasteiger partial charge in [-0.25, -0.2) is 4.98 Å². The van der Waals surface area contributed by atoms with Crippen LogP contribution in [0.4, 0.5) is 0 Å². The molecule has 0 aliphatic carbocycles. The zero-order valence-corrected chi connectivity index (χ0v) is 15.4. The fraction of sp³-hybridized carbons (Fsp3) is 0.421. The van der Waals surface area contributed by atoms with Crippen LogP contribution in [0.3, 0.4) is 0 Å². The monoisotopic (exact) mass is 371 g/mol. The van der Waals surface area contributed by atoms with Crippen LogP contribution in [0.15, 0.2) is 42.7 Å². The number of carbonyl (C=O) groups is 1. The predicted octanol–water partition coefficient (Wildman–Crippen LogP) is 2.40. The van der Waals surface area contributed by atoms with Gasteiger partial charge in [0, 0.05) is 31.2 Å². The minimum atomic E-state index is -0.0148. The van der Waals surface area contributed by atoms with Gasteiger partial charge in [-0.1, -0.05) is 6.07 Å². The standard InChI is InChI=1S/C19H21N3O3S/c1-24-17-16(6-4-8-21-17)18(23)22-12-19(13-22)9-15(11-26-19)25-10-14-5-2-3-7-20-14/h2-8,15H,9-13H2,1H3/t15-/m1/s1. The second-order valence-electron chi connectivity index (χ2n) is 6.67. The molecule has 2 aromatic rings. The zero-order chi connectivity index (χ0) is 18.0. The summed E-state index contributed by atoms with van der Waals surface area (Å²) in [5.74, 6) is 1.33. The van der Waals surface area contributed by atoms with Crippen LogP contribution in [-0.2, 0) is 11.3 Å².